The number of fused-ring (bicyclic) bond motifs is 3. The molecule has 6 aromatic heterocycles. The molecular formula is C35H39N9O4SSi. The highest BCUT2D eigenvalue weighted by Gasteiger charge is 2.24. The number of pyridine rings is 1. The van der Waals surface area contributed by atoms with Crippen LogP contribution >= 0.6 is 0 Å². The zero-order valence-corrected chi connectivity index (χ0v) is 30.6. The molecule has 0 saturated heterocycles. The zero-order chi connectivity index (χ0) is 35.4. The Labute approximate surface area is 290 Å². The molecule has 6 heterocycles. The lowest BCUT2D eigenvalue weighted by Crippen LogP contribution is -2.29. The predicted octanol–water partition coefficient (Wildman–Crippen LogP) is 5.85. The van der Waals surface area contributed by atoms with Gasteiger partial charge in [0.05, 0.1) is 23.4 Å². The van der Waals surface area contributed by atoms with E-state index in [1.165, 1.54) is 16.5 Å². The van der Waals surface area contributed by atoms with Crippen LogP contribution in [0.2, 0.25) is 25.7 Å². The van der Waals surface area contributed by atoms with Crippen LogP contribution in [0, 0.1) is 6.92 Å². The lowest BCUT2D eigenvalue weighted by atomic mass is 10.0. The minimum Gasteiger partial charge on any atom is -0.361 e. The Bertz CT molecular complexity index is 2550. The first-order chi connectivity index (χ1) is 23.8. The molecule has 258 valence electrons. The summed E-state index contributed by atoms with van der Waals surface area (Å²) in [6, 6.07) is 15.5. The lowest BCUT2D eigenvalue weighted by Gasteiger charge is -2.20. The topological polar surface area (TPSA) is 143 Å². The molecule has 7 rings (SSSR count). The van der Waals surface area contributed by atoms with Gasteiger partial charge in [-0.3, -0.25) is 9.36 Å². The molecule has 0 fully saturated rings. The number of nitrogens with one attached hydrogen (secondary N) is 1. The Morgan fingerprint density at radius 3 is 2.48 bits per heavy atom. The highest BCUT2D eigenvalue weighted by molar-refractivity contribution is 7.89. The van der Waals surface area contributed by atoms with Gasteiger partial charge in [-0.05, 0) is 61.4 Å². The van der Waals surface area contributed by atoms with Gasteiger partial charge in [0.1, 0.15) is 30.0 Å². The number of para-hydroxylation sites is 1. The summed E-state index contributed by atoms with van der Waals surface area (Å²) < 4.78 is 37.7. The van der Waals surface area contributed by atoms with Crippen molar-refractivity contribution in [2.45, 2.75) is 52.3 Å². The van der Waals surface area contributed by atoms with Crippen molar-refractivity contribution in [1.82, 2.24) is 37.7 Å². The number of ether oxygens (including phenoxy) is 1. The van der Waals surface area contributed by atoms with E-state index in [9.17, 15) is 13.2 Å². The van der Waals surface area contributed by atoms with Crippen LogP contribution in [-0.2, 0) is 21.5 Å². The first-order valence-corrected chi connectivity index (χ1v) is 21.9. The van der Waals surface area contributed by atoms with Crippen molar-refractivity contribution in [3.8, 4) is 16.8 Å². The second-order valence-corrected chi connectivity index (χ2v) is 21.2. The van der Waals surface area contributed by atoms with E-state index in [1.54, 1.807) is 27.5 Å². The van der Waals surface area contributed by atoms with E-state index in [2.05, 4.69) is 29.9 Å². The fourth-order valence-corrected chi connectivity index (χ4v) is 7.70. The minimum absolute atomic E-state index is 0.179. The van der Waals surface area contributed by atoms with Gasteiger partial charge in [0.15, 0.2) is 11.5 Å². The first-order valence-electron chi connectivity index (χ1n) is 16.3. The van der Waals surface area contributed by atoms with Gasteiger partial charge in [0.25, 0.3) is 5.56 Å². The van der Waals surface area contributed by atoms with Gasteiger partial charge >= 0.3 is 0 Å². The fourth-order valence-electron chi connectivity index (χ4n) is 6.20. The van der Waals surface area contributed by atoms with E-state index in [0.29, 0.717) is 51.5 Å². The molecule has 0 bridgehead atoms. The van der Waals surface area contributed by atoms with E-state index in [4.69, 9.17) is 19.8 Å². The van der Waals surface area contributed by atoms with Crippen LogP contribution in [0.1, 0.15) is 24.4 Å². The quantitative estimate of drug-likeness (QED) is 0.129. The molecule has 1 aromatic carbocycles. The highest BCUT2D eigenvalue weighted by atomic mass is 32.2. The molecule has 0 saturated carbocycles. The van der Waals surface area contributed by atoms with Crippen molar-refractivity contribution < 1.29 is 13.2 Å². The molecule has 7 aromatic rings. The molecule has 1 unspecified atom stereocenters. The number of benzene rings is 1. The largest absolute Gasteiger partial charge is 0.361 e. The molecule has 0 amide bonds. The summed E-state index contributed by atoms with van der Waals surface area (Å²) in [5.41, 5.74) is 4.35. The molecular weight excluding hydrogens is 671 g/mol. The lowest BCUT2D eigenvalue weighted by molar-refractivity contribution is 0.0899. The van der Waals surface area contributed by atoms with Gasteiger partial charge in [-0.2, -0.15) is 5.10 Å². The van der Waals surface area contributed by atoms with Crippen LogP contribution in [0.15, 0.2) is 84.4 Å². The minimum atomic E-state index is -3.59. The van der Waals surface area contributed by atoms with E-state index in [1.807, 2.05) is 67.1 Å². The normalized spacial score (nSPS) is 13.1. The Morgan fingerprint density at radius 1 is 0.960 bits per heavy atom. The Hall–Kier alpha value is -5.12. The maximum atomic E-state index is 14.0. The van der Waals surface area contributed by atoms with Crippen LogP contribution in [0.4, 0.5) is 5.82 Å². The van der Waals surface area contributed by atoms with Crippen LogP contribution in [-0.4, -0.2) is 67.0 Å². The van der Waals surface area contributed by atoms with Crippen molar-refractivity contribution in [3.63, 3.8) is 0 Å². The van der Waals surface area contributed by atoms with Crippen molar-refractivity contribution in [1.29, 1.82) is 0 Å². The summed E-state index contributed by atoms with van der Waals surface area (Å²) in [6.45, 7) is 11.7. The van der Waals surface area contributed by atoms with Gasteiger partial charge in [-0.1, -0.05) is 37.8 Å². The maximum Gasteiger partial charge on any atom is 0.282 e. The third-order valence-corrected chi connectivity index (χ3v) is 11.5. The second kappa shape index (κ2) is 12.6. The standard InChI is InChI=1S/C35H39N9O4SSi/c1-23-13-16-42-30(23)35(45)44(25-10-8-7-9-11-25)32(40-42)24(2)39-31-29-28(26-12-15-36-33-27(26)14-17-43(33)49(3,46)47)20-41(34(29)38-21-37-31)22-48-18-19-50(4,5)6/h7-17,20-21,24H,18-19,22H2,1-6H3,(H,37,38,39). The third kappa shape index (κ3) is 6.12. The van der Waals surface area contributed by atoms with Crippen molar-refractivity contribution in [3.05, 3.63) is 101 Å². The number of aromatic nitrogens is 8. The Balaban J connectivity index is 1.38. The molecule has 1 atom stereocenters. The fraction of sp³-hybridized carbons (Fsp3) is 0.286. The summed E-state index contributed by atoms with van der Waals surface area (Å²) in [5.74, 6) is 1.01. The molecule has 0 radical (unpaired) electrons. The average Bonchev–Trinajstić information content (AvgIpc) is 3.78. The number of hydrogen-bond donors (Lipinski definition) is 1. The molecule has 0 aliphatic heterocycles. The molecule has 0 aliphatic carbocycles. The maximum absolute atomic E-state index is 14.0. The summed E-state index contributed by atoms with van der Waals surface area (Å²) >= 11 is 0. The smallest absolute Gasteiger partial charge is 0.282 e. The number of nitrogens with zero attached hydrogens (tertiary/aromatic N) is 8. The molecule has 1 N–H and O–H groups in total. The van der Waals surface area contributed by atoms with E-state index in [0.717, 1.165) is 29.0 Å². The average molecular weight is 710 g/mol. The van der Waals surface area contributed by atoms with Gasteiger partial charge in [-0.15, -0.1) is 0 Å². The number of aryl methyl sites for hydroxylation is 1. The summed E-state index contributed by atoms with van der Waals surface area (Å²) in [7, 11) is -4.90. The van der Waals surface area contributed by atoms with E-state index < -0.39 is 24.1 Å². The summed E-state index contributed by atoms with van der Waals surface area (Å²) in [4.78, 5) is 27.8. The first kappa shape index (κ1) is 33.4. The van der Waals surface area contributed by atoms with E-state index in [-0.39, 0.29) is 12.3 Å². The van der Waals surface area contributed by atoms with Crippen molar-refractivity contribution in [2.75, 3.05) is 18.2 Å². The van der Waals surface area contributed by atoms with E-state index >= 15 is 0 Å². The van der Waals surface area contributed by atoms with Crippen molar-refractivity contribution >= 4 is 51.5 Å². The van der Waals surface area contributed by atoms with Crippen LogP contribution < -0.4 is 10.9 Å². The predicted molar refractivity (Wildman–Crippen MR) is 198 cm³/mol. The number of hydrogen-bond acceptors (Lipinski definition) is 9. The van der Waals surface area contributed by atoms with Crippen LogP contribution in [0.5, 0.6) is 0 Å². The van der Waals surface area contributed by atoms with Gasteiger partial charge in [0.2, 0.25) is 10.0 Å². The molecule has 13 nitrogen and oxygen atoms in total. The number of rotatable bonds is 11. The zero-order valence-electron chi connectivity index (χ0n) is 28.8. The monoisotopic (exact) mass is 709 g/mol. The summed E-state index contributed by atoms with van der Waals surface area (Å²) in [5, 5.41) is 9.83. The molecule has 15 heteroatoms. The van der Waals surface area contributed by atoms with Gasteiger partial charge < -0.3 is 14.6 Å². The molecule has 0 aliphatic rings. The van der Waals surface area contributed by atoms with Crippen LogP contribution in [0.3, 0.4) is 0 Å². The SMILES string of the molecule is Cc1ccn2nc(C(C)Nc3ncnc4c3c(-c3ccnc5c3ccn5S(C)(=O)=O)cn4COCC[Si](C)(C)C)n(-c3ccccc3)c(=O)c12. The molecule has 0 spiro atoms. The van der Waals surface area contributed by atoms with Crippen LogP contribution in [0.25, 0.3) is 44.4 Å². The van der Waals surface area contributed by atoms with Gasteiger partial charge in [-0.25, -0.2) is 31.9 Å². The van der Waals surface area contributed by atoms with Gasteiger partial charge in [0, 0.05) is 50.4 Å². The highest BCUT2D eigenvalue weighted by Crippen LogP contribution is 2.38. The Morgan fingerprint density at radius 2 is 1.74 bits per heavy atom. The second-order valence-electron chi connectivity index (χ2n) is 13.7. The summed E-state index contributed by atoms with van der Waals surface area (Å²) in [6.07, 6.45) is 9.51. The van der Waals surface area contributed by atoms with Crippen molar-refractivity contribution in [2.24, 2.45) is 0 Å². The third-order valence-electron chi connectivity index (χ3n) is 8.75. The molecule has 50 heavy (non-hydrogen) atoms. The number of anilines is 1. The Kier molecular flexibility index (Phi) is 8.44.